The van der Waals surface area contributed by atoms with E-state index in [1.165, 1.54) is 36.0 Å². The monoisotopic (exact) mass is 456 g/mol. The number of nitrogens with zero attached hydrogens (tertiary/aromatic N) is 2. The van der Waals surface area contributed by atoms with Crippen molar-refractivity contribution in [1.29, 1.82) is 0 Å². The molecule has 1 fully saturated rings. The van der Waals surface area contributed by atoms with E-state index < -0.39 is 0 Å². The molecule has 2 N–H and O–H groups in total. The minimum Gasteiger partial charge on any atom is -0.355 e. The van der Waals surface area contributed by atoms with E-state index in [1.54, 1.807) is 7.05 Å². The number of carbonyl (C=O) groups excluding carboxylic acids is 1. The maximum Gasteiger partial charge on any atom is 0.254 e. The van der Waals surface area contributed by atoms with Crippen molar-refractivity contribution in [2.24, 2.45) is 5.41 Å². The maximum atomic E-state index is 12.8. The molecular formula is C28H32N4O2. The number of aryl methyl sites for hydroxylation is 1. The average Bonchev–Trinajstić information content (AvgIpc) is 3.43. The summed E-state index contributed by atoms with van der Waals surface area (Å²) in [6, 6.07) is 8.26. The summed E-state index contributed by atoms with van der Waals surface area (Å²) in [7, 11) is 1.65. The van der Waals surface area contributed by atoms with Crippen LogP contribution in [0, 0.1) is 5.41 Å². The van der Waals surface area contributed by atoms with Gasteiger partial charge in [-0.1, -0.05) is 24.3 Å². The topological polar surface area (TPSA) is 78.1 Å². The van der Waals surface area contributed by atoms with Gasteiger partial charge in [0, 0.05) is 37.3 Å². The first-order valence-electron chi connectivity index (χ1n) is 12.6. The summed E-state index contributed by atoms with van der Waals surface area (Å²) in [5.41, 5.74) is 6.91. The summed E-state index contributed by atoms with van der Waals surface area (Å²) >= 11 is 0. The first-order valence-corrected chi connectivity index (χ1v) is 12.6. The van der Waals surface area contributed by atoms with Crippen molar-refractivity contribution in [3.8, 4) is 0 Å². The largest absolute Gasteiger partial charge is 0.355 e. The molecule has 0 unspecified atom stereocenters. The van der Waals surface area contributed by atoms with Crippen molar-refractivity contribution < 1.29 is 4.79 Å². The second-order valence-corrected chi connectivity index (χ2v) is 10.4. The summed E-state index contributed by atoms with van der Waals surface area (Å²) in [5.74, 6) is 0.739. The molecule has 6 rings (SSSR count). The summed E-state index contributed by atoms with van der Waals surface area (Å²) < 4.78 is 0. The Morgan fingerprint density at radius 1 is 1.12 bits per heavy atom. The van der Waals surface area contributed by atoms with Gasteiger partial charge < -0.3 is 10.3 Å². The normalized spacial score (nSPS) is 23.3. The first-order chi connectivity index (χ1) is 16.5. The van der Waals surface area contributed by atoms with E-state index in [4.69, 9.17) is 4.98 Å². The predicted molar refractivity (Wildman–Crippen MR) is 134 cm³/mol. The number of amides is 1. The molecule has 1 aromatic carbocycles. The Morgan fingerprint density at radius 2 is 1.94 bits per heavy atom. The molecule has 2 heterocycles. The zero-order valence-corrected chi connectivity index (χ0v) is 19.8. The fraction of sp³-hybridized carbons (Fsp3) is 0.464. The molecule has 1 spiro atoms. The SMILES string of the molecule is CNC(=O)c1ccc(C2=CCN([C@H]3C=C(c4nc5c(c(=O)[nH]4)CC4(CC5)CC4)CC3)CC2)cc1. The Bertz CT molecular complexity index is 1250. The van der Waals surface area contributed by atoms with Gasteiger partial charge in [-0.15, -0.1) is 0 Å². The van der Waals surface area contributed by atoms with Gasteiger partial charge in [0.05, 0.1) is 5.69 Å². The standard InChI is InChI=1S/C28H32N4O2/c1-29-26(33)20-4-2-18(3-5-20)19-9-14-32(15-10-19)22-7-6-21(16-22)25-30-24-8-11-28(12-13-28)17-23(24)27(34)31-25/h2-5,9,16,22H,6-8,10-15,17H2,1H3,(H,29,33)(H,30,31,34)/t22-/m1/s1. The number of hydrogen-bond acceptors (Lipinski definition) is 4. The van der Waals surface area contributed by atoms with Gasteiger partial charge in [0.25, 0.3) is 11.5 Å². The molecule has 0 bridgehead atoms. The number of hydrogen-bond donors (Lipinski definition) is 2. The van der Waals surface area contributed by atoms with Gasteiger partial charge in [-0.25, -0.2) is 4.98 Å². The molecule has 0 saturated heterocycles. The molecule has 176 valence electrons. The number of allylic oxidation sites excluding steroid dienone is 1. The number of aromatic nitrogens is 2. The van der Waals surface area contributed by atoms with E-state index in [2.05, 4.69) is 27.4 Å². The third-order valence-electron chi connectivity index (χ3n) is 8.36. The average molecular weight is 457 g/mol. The molecule has 1 aromatic heterocycles. The number of H-pyrrole nitrogens is 1. The highest BCUT2D eigenvalue weighted by Gasteiger charge is 2.45. The lowest BCUT2D eigenvalue weighted by Crippen LogP contribution is -2.36. The molecule has 1 saturated carbocycles. The Morgan fingerprint density at radius 3 is 2.65 bits per heavy atom. The molecule has 34 heavy (non-hydrogen) atoms. The smallest absolute Gasteiger partial charge is 0.254 e. The lowest BCUT2D eigenvalue weighted by molar-refractivity contribution is 0.0963. The van der Waals surface area contributed by atoms with Crippen LogP contribution in [-0.2, 0) is 12.8 Å². The molecular weight excluding hydrogens is 424 g/mol. The van der Waals surface area contributed by atoms with E-state index in [9.17, 15) is 9.59 Å². The van der Waals surface area contributed by atoms with E-state index in [-0.39, 0.29) is 11.5 Å². The van der Waals surface area contributed by atoms with Gasteiger partial charge in [-0.05, 0) is 85.6 Å². The lowest BCUT2D eigenvalue weighted by Gasteiger charge is -2.31. The zero-order valence-electron chi connectivity index (χ0n) is 19.8. The quantitative estimate of drug-likeness (QED) is 0.735. The van der Waals surface area contributed by atoms with E-state index in [1.807, 2.05) is 24.3 Å². The van der Waals surface area contributed by atoms with Crippen LogP contribution in [0.3, 0.4) is 0 Å². The maximum absolute atomic E-state index is 12.8. The lowest BCUT2D eigenvalue weighted by atomic mass is 9.84. The molecule has 1 amide bonds. The number of nitrogens with one attached hydrogen (secondary N) is 2. The second kappa shape index (κ2) is 8.35. The number of benzene rings is 1. The van der Waals surface area contributed by atoms with Gasteiger partial charge in [0.15, 0.2) is 0 Å². The molecule has 0 radical (unpaired) electrons. The van der Waals surface area contributed by atoms with Crippen LogP contribution in [0.4, 0.5) is 0 Å². The predicted octanol–water partition coefficient (Wildman–Crippen LogP) is 3.73. The summed E-state index contributed by atoms with van der Waals surface area (Å²) in [4.78, 5) is 35.2. The third-order valence-corrected chi connectivity index (χ3v) is 8.36. The minimum absolute atomic E-state index is 0.0548. The van der Waals surface area contributed by atoms with Crippen molar-refractivity contribution in [3.63, 3.8) is 0 Å². The molecule has 1 atom stereocenters. The fourth-order valence-electron chi connectivity index (χ4n) is 5.95. The van der Waals surface area contributed by atoms with Crippen LogP contribution >= 0.6 is 0 Å². The highest BCUT2D eigenvalue weighted by Crippen LogP contribution is 2.53. The Labute approximate surface area is 200 Å². The number of aromatic amines is 1. The Kier molecular flexibility index (Phi) is 5.29. The molecule has 1 aliphatic heterocycles. The van der Waals surface area contributed by atoms with Crippen molar-refractivity contribution >= 4 is 17.1 Å². The van der Waals surface area contributed by atoms with Crippen molar-refractivity contribution in [1.82, 2.24) is 20.2 Å². The third kappa shape index (κ3) is 3.94. The Balaban J connectivity index is 1.14. The van der Waals surface area contributed by atoms with Gasteiger partial charge >= 0.3 is 0 Å². The summed E-state index contributed by atoms with van der Waals surface area (Å²) in [6.45, 7) is 1.92. The van der Waals surface area contributed by atoms with E-state index in [0.29, 0.717) is 17.0 Å². The molecule has 4 aliphatic rings. The highest BCUT2D eigenvalue weighted by atomic mass is 16.1. The molecule has 3 aliphatic carbocycles. The highest BCUT2D eigenvalue weighted by molar-refractivity contribution is 5.94. The second-order valence-electron chi connectivity index (χ2n) is 10.4. The van der Waals surface area contributed by atoms with Gasteiger partial charge in [0.1, 0.15) is 5.82 Å². The zero-order chi connectivity index (χ0) is 23.3. The van der Waals surface area contributed by atoms with Crippen LogP contribution in [0.5, 0.6) is 0 Å². The van der Waals surface area contributed by atoms with Crippen LogP contribution in [0.2, 0.25) is 0 Å². The van der Waals surface area contributed by atoms with Gasteiger partial charge in [0.2, 0.25) is 0 Å². The van der Waals surface area contributed by atoms with Crippen LogP contribution < -0.4 is 10.9 Å². The number of rotatable bonds is 4. The fourth-order valence-corrected chi connectivity index (χ4v) is 5.95. The van der Waals surface area contributed by atoms with Crippen molar-refractivity contribution in [2.45, 2.75) is 57.4 Å². The van der Waals surface area contributed by atoms with E-state index in [0.717, 1.165) is 62.3 Å². The van der Waals surface area contributed by atoms with Gasteiger partial charge in [-0.2, -0.15) is 0 Å². The first kappa shape index (κ1) is 21.5. The van der Waals surface area contributed by atoms with Gasteiger partial charge in [-0.3, -0.25) is 14.5 Å². The van der Waals surface area contributed by atoms with Crippen molar-refractivity contribution in [3.05, 3.63) is 75.0 Å². The molecule has 2 aromatic rings. The summed E-state index contributed by atoms with van der Waals surface area (Å²) in [5, 5.41) is 2.67. The summed E-state index contributed by atoms with van der Waals surface area (Å²) in [6.07, 6.45) is 13.3. The molecule has 6 nitrogen and oxygen atoms in total. The number of carbonyl (C=O) groups is 1. The minimum atomic E-state index is -0.0548. The molecule has 6 heteroatoms. The Hall–Kier alpha value is -2.99. The van der Waals surface area contributed by atoms with Crippen LogP contribution in [0.25, 0.3) is 11.1 Å². The van der Waals surface area contributed by atoms with E-state index >= 15 is 0 Å². The van der Waals surface area contributed by atoms with Crippen molar-refractivity contribution in [2.75, 3.05) is 20.1 Å². The van der Waals surface area contributed by atoms with Crippen LogP contribution in [-0.4, -0.2) is 47.0 Å². The number of fused-ring (bicyclic) bond motifs is 1. The van der Waals surface area contributed by atoms with Crippen LogP contribution in [0.1, 0.15) is 71.5 Å². The van der Waals surface area contributed by atoms with Crippen LogP contribution in [0.15, 0.2) is 41.2 Å².